The fraction of sp³-hybridized carbons (Fsp3) is 0.104. The second-order valence-corrected chi connectivity index (χ2v) is 14.4. The van der Waals surface area contributed by atoms with Crippen molar-refractivity contribution < 1.29 is 0 Å². The predicted octanol–water partition coefficient (Wildman–Crippen LogP) is 12.1. The number of aromatic nitrogens is 3. The van der Waals surface area contributed by atoms with E-state index in [4.69, 9.17) is 15.0 Å². The summed E-state index contributed by atoms with van der Waals surface area (Å²) in [6.45, 7) is 4.71. The maximum absolute atomic E-state index is 5.21. The van der Waals surface area contributed by atoms with Gasteiger partial charge in [-0.1, -0.05) is 129 Å². The van der Waals surface area contributed by atoms with E-state index in [9.17, 15) is 0 Å². The summed E-state index contributed by atoms with van der Waals surface area (Å²) < 4.78 is 2.39. The molecule has 254 valence electrons. The molecule has 5 nitrogen and oxygen atoms in total. The van der Waals surface area contributed by atoms with Crippen molar-refractivity contribution in [3.8, 4) is 22.5 Å². The van der Waals surface area contributed by atoms with Gasteiger partial charge in [0.15, 0.2) is 5.82 Å². The molecule has 10 rings (SSSR count). The quantitative estimate of drug-likeness (QED) is 0.185. The third-order valence-corrected chi connectivity index (χ3v) is 10.9. The molecule has 53 heavy (non-hydrogen) atoms. The van der Waals surface area contributed by atoms with Crippen LogP contribution in [0.4, 0.5) is 17.1 Å². The standard InChI is InChI=1S/C48H37N5/c1-48(2)38-23-13-15-25-43(38)52(35-20-10-5-11-21-35)45-28-37-36-22-12-14-24-42(36)53(44(37)29-39(45)48)46-27-26-34(31-49-46)47-50-40(32-16-6-3-7-17-32)30-41(51-47)33-18-8-4-9-19-33/h3-25,28-31H,26-27H2,1-2H3. The topological polar surface area (TPSA) is 46.3 Å². The maximum atomic E-state index is 5.21. The van der Waals surface area contributed by atoms with E-state index in [1.807, 2.05) is 18.3 Å². The zero-order valence-corrected chi connectivity index (χ0v) is 29.7. The van der Waals surface area contributed by atoms with Gasteiger partial charge >= 0.3 is 0 Å². The Bertz CT molecular complexity index is 2680. The van der Waals surface area contributed by atoms with Gasteiger partial charge in [0.2, 0.25) is 0 Å². The first-order chi connectivity index (χ1) is 26.0. The van der Waals surface area contributed by atoms with Crippen LogP contribution in [0.1, 0.15) is 43.6 Å². The number of fused-ring (bicyclic) bond motifs is 5. The fourth-order valence-corrected chi connectivity index (χ4v) is 8.27. The van der Waals surface area contributed by atoms with Crippen LogP contribution in [0.15, 0.2) is 169 Å². The lowest BCUT2D eigenvalue weighted by Gasteiger charge is -2.42. The molecule has 0 radical (unpaired) electrons. The molecule has 0 saturated heterocycles. The zero-order valence-electron chi connectivity index (χ0n) is 29.7. The monoisotopic (exact) mass is 683 g/mol. The molecule has 0 unspecified atom stereocenters. The van der Waals surface area contributed by atoms with Crippen LogP contribution in [0, 0.1) is 0 Å². The minimum atomic E-state index is -0.217. The highest BCUT2D eigenvalue weighted by Gasteiger charge is 2.38. The first-order valence-corrected chi connectivity index (χ1v) is 18.3. The van der Waals surface area contributed by atoms with Gasteiger partial charge in [-0.2, -0.15) is 0 Å². The maximum Gasteiger partial charge on any atom is 0.157 e. The van der Waals surface area contributed by atoms with Crippen molar-refractivity contribution >= 4 is 50.3 Å². The second-order valence-electron chi connectivity index (χ2n) is 14.4. The van der Waals surface area contributed by atoms with Gasteiger partial charge in [0.1, 0.15) is 5.84 Å². The predicted molar refractivity (Wildman–Crippen MR) is 219 cm³/mol. The molecule has 0 atom stereocenters. The summed E-state index contributed by atoms with van der Waals surface area (Å²) in [5, 5.41) is 2.44. The molecule has 0 amide bonds. The normalized spacial score (nSPS) is 14.8. The van der Waals surface area contributed by atoms with E-state index in [0.29, 0.717) is 0 Å². The van der Waals surface area contributed by atoms with Crippen molar-refractivity contribution in [3.63, 3.8) is 0 Å². The summed E-state index contributed by atoms with van der Waals surface area (Å²) in [5.74, 6) is 1.75. The fourth-order valence-electron chi connectivity index (χ4n) is 8.27. The van der Waals surface area contributed by atoms with Gasteiger partial charge in [0.25, 0.3) is 0 Å². The minimum absolute atomic E-state index is 0.217. The number of hydrogen-bond acceptors (Lipinski definition) is 4. The van der Waals surface area contributed by atoms with E-state index in [-0.39, 0.29) is 5.41 Å². The summed E-state index contributed by atoms with van der Waals surface area (Å²) in [6, 6.07) is 55.9. The van der Waals surface area contributed by atoms with Gasteiger partial charge < -0.3 is 4.90 Å². The van der Waals surface area contributed by atoms with Gasteiger partial charge in [0.05, 0.1) is 33.8 Å². The number of hydrogen-bond donors (Lipinski definition) is 0. The molecule has 0 N–H and O–H groups in total. The average molecular weight is 684 g/mol. The minimum Gasteiger partial charge on any atom is -0.310 e. The molecule has 0 fully saturated rings. The molecule has 2 aliphatic heterocycles. The van der Waals surface area contributed by atoms with Crippen molar-refractivity contribution in [2.24, 2.45) is 4.99 Å². The van der Waals surface area contributed by atoms with Gasteiger partial charge in [0, 0.05) is 51.2 Å². The van der Waals surface area contributed by atoms with Gasteiger partial charge in [-0.05, 0) is 60.0 Å². The summed E-state index contributed by atoms with van der Waals surface area (Å²) in [4.78, 5) is 17.8. The number of rotatable bonds is 4. The first-order valence-electron chi connectivity index (χ1n) is 18.3. The Kier molecular flexibility index (Phi) is 7.22. The summed E-state index contributed by atoms with van der Waals surface area (Å²) >= 11 is 0. The molecule has 8 aromatic rings. The lowest BCUT2D eigenvalue weighted by Crippen LogP contribution is -2.30. The molecular weight excluding hydrogens is 647 g/mol. The van der Waals surface area contributed by atoms with Crippen molar-refractivity contribution in [2.75, 3.05) is 4.90 Å². The smallest absolute Gasteiger partial charge is 0.157 e. The third-order valence-electron chi connectivity index (χ3n) is 10.9. The Morgan fingerprint density at radius 1 is 0.528 bits per heavy atom. The van der Waals surface area contributed by atoms with Crippen LogP contribution in [0.25, 0.3) is 49.9 Å². The highest BCUT2D eigenvalue weighted by molar-refractivity contribution is 6.16. The molecule has 0 aliphatic carbocycles. The van der Waals surface area contributed by atoms with Crippen LogP contribution in [0.3, 0.4) is 0 Å². The molecule has 2 aromatic heterocycles. The SMILES string of the molecule is CC1(C)c2ccccc2N(c2ccccc2)c2cc3c4ccccc4n(C4=NC=C(c5nc(-c6ccccc6)cc(-c6ccccc6)n5)CC4)c3cc21. The van der Waals surface area contributed by atoms with Crippen LogP contribution < -0.4 is 4.90 Å². The Labute approximate surface area is 309 Å². The summed E-state index contributed by atoms with van der Waals surface area (Å²) in [6.07, 6.45) is 3.54. The molecule has 0 spiro atoms. The van der Waals surface area contributed by atoms with Crippen molar-refractivity contribution in [2.45, 2.75) is 32.1 Å². The lowest BCUT2D eigenvalue weighted by atomic mass is 9.73. The van der Waals surface area contributed by atoms with Crippen LogP contribution in [-0.4, -0.2) is 20.4 Å². The van der Waals surface area contributed by atoms with E-state index in [2.05, 4.69) is 169 Å². The molecule has 0 bridgehead atoms. The Balaban J connectivity index is 1.14. The van der Waals surface area contributed by atoms with Crippen molar-refractivity contribution in [1.82, 2.24) is 14.5 Å². The van der Waals surface area contributed by atoms with E-state index in [1.54, 1.807) is 0 Å². The number of anilines is 3. The second kappa shape index (κ2) is 12.3. The van der Waals surface area contributed by atoms with Crippen LogP contribution >= 0.6 is 0 Å². The average Bonchev–Trinajstić information content (AvgIpc) is 3.55. The van der Waals surface area contributed by atoms with Crippen LogP contribution in [0.2, 0.25) is 0 Å². The Morgan fingerprint density at radius 3 is 1.83 bits per heavy atom. The van der Waals surface area contributed by atoms with Crippen molar-refractivity contribution in [3.05, 3.63) is 181 Å². The Morgan fingerprint density at radius 2 is 1.15 bits per heavy atom. The van der Waals surface area contributed by atoms with Gasteiger partial charge in [-0.15, -0.1) is 0 Å². The Hall–Kier alpha value is -6.59. The largest absolute Gasteiger partial charge is 0.310 e. The van der Waals surface area contributed by atoms with E-state index in [1.165, 1.54) is 38.8 Å². The number of benzene rings is 6. The summed E-state index contributed by atoms with van der Waals surface area (Å²) in [7, 11) is 0. The van der Waals surface area contributed by atoms with E-state index in [0.717, 1.165) is 63.8 Å². The van der Waals surface area contributed by atoms with Gasteiger partial charge in [-0.25, -0.2) is 15.0 Å². The molecular formula is C48H37N5. The van der Waals surface area contributed by atoms with Crippen LogP contribution in [0.5, 0.6) is 0 Å². The molecule has 5 heteroatoms. The zero-order chi connectivity index (χ0) is 35.5. The number of nitrogens with zero attached hydrogens (tertiary/aromatic N) is 5. The van der Waals surface area contributed by atoms with Gasteiger partial charge in [-0.3, -0.25) is 4.57 Å². The van der Waals surface area contributed by atoms with E-state index >= 15 is 0 Å². The molecule has 4 heterocycles. The number of aliphatic imine (C=N–C) groups is 1. The number of allylic oxidation sites excluding steroid dienone is 1. The first kappa shape index (κ1) is 31.2. The molecule has 0 saturated carbocycles. The number of para-hydroxylation sites is 3. The summed E-state index contributed by atoms with van der Waals surface area (Å²) in [5.41, 5.74) is 13.3. The van der Waals surface area contributed by atoms with E-state index < -0.39 is 0 Å². The third kappa shape index (κ3) is 5.11. The highest BCUT2D eigenvalue weighted by Crippen LogP contribution is 2.53. The van der Waals surface area contributed by atoms with Crippen molar-refractivity contribution in [1.29, 1.82) is 0 Å². The van der Waals surface area contributed by atoms with Crippen LogP contribution in [-0.2, 0) is 5.41 Å². The molecule has 2 aliphatic rings. The lowest BCUT2D eigenvalue weighted by molar-refractivity contribution is 0.632. The molecule has 6 aromatic carbocycles. The highest BCUT2D eigenvalue weighted by atomic mass is 15.2.